The summed E-state index contributed by atoms with van der Waals surface area (Å²) in [6.07, 6.45) is 4.49. The third-order valence-corrected chi connectivity index (χ3v) is 2.92. The maximum Gasteiger partial charge on any atom is 0.354 e. The number of carboxylic acid groups (broad SMARTS) is 1. The summed E-state index contributed by atoms with van der Waals surface area (Å²) in [5.41, 5.74) is 1.10. The standard InChI is InChI=1S/C11H12N2O2/c14-11(15)9-5-8(6-1-2-6)12-10(13-9)7-3-4-7/h5-7H,1-4H2,(H,14,15). The Labute approximate surface area is 87.4 Å². The van der Waals surface area contributed by atoms with E-state index in [0.29, 0.717) is 11.8 Å². The lowest BCUT2D eigenvalue weighted by molar-refractivity contribution is 0.0689. The molecule has 0 amide bonds. The number of hydrogen-bond donors (Lipinski definition) is 1. The van der Waals surface area contributed by atoms with Gasteiger partial charge >= 0.3 is 5.97 Å². The van der Waals surface area contributed by atoms with Crippen LogP contribution >= 0.6 is 0 Å². The Morgan fingerprint density at radius 3 is 2.40 bits per heavy atom. The summed E-state index contributed by atoms with van der Waals surface area (Å²) in [5, 5.41) is 8.95. The summed E-state index contributed by atoms with van der Waals surface area (Å²) in [6.45, 7) is 0. The molecule has 2 fully saturated rings. The Morgan fingerprint density at radius 1 is 1.20 bits per heavy atom. The van der Waals surface area contributed by atoms with Crippen molar-refractivity contribution in [2.24, 2.45) is 0 Å². The average molecular weight is 204 g/mol. The van der Waals surface area contributed by atoms with Crippen LogP contribution in [0, 0.1) is 0 Å². The zero-order valence-electron chi connectivity index (χ0n) is 8.31. The van der Waals surface area contributed by atoms with Gasteiger partial charge in [0.15, 0.2) is 5.69 Å². The molecule has 1 aromatic heterocycles. The van der Waals surface area contributed by atoms with Crippen LogP contribution in [-0.2, 0) is 0 Å². The topological polar surface area (TPSA) is 63.1 Å². The van der Waals surface area contributed by atoms with E-state index >= 15 is 0 Å². The second-order valence-electron chi connectivity index (χ2n) is 4.39. The minimum Gasteiger partial charge on any atom is -0.477 e. The van der Waals surface area contributed by atoms with Crippen molar-refractivity contribution in [3.8, 4) is 0 Å². The highest BCUT2D eigenvalue weighted by molar-refractivity contribution is 5.85. The highest BCUT2D eigenvalue weighted by Gasteiger charge is 2.31. The first-order chi connectivity index (χ1) is 7.24. The summed E-state index contributed by atoms with van der Waals surface area (Å²) in [6, 6.07) is 1.63. The van der Waals surface area contributed by atoms with Gasteiger partial charge in [-0.15, -0.1) is 0 Å². The maximum absolute atomic E-state index is 10.9. The number of rotatable bonds is 3. The van der Waals surface area contributed by atoms with Crippen LogP contribution in [0.25, 0.3) is 0 Å². The fraction of sp³-hybridized carbons (Fsp3) is 0.545. The Balaban J connectivity index is 2.02. The van der Waals surface area contributed by atoms with Crippen molar-refractivity contribution in [2.75, 3.05) is 0 Å². The number of aromatic carboxylic acids is 1. The van der Waals surface area contributed by atoms with Crippen molar-refractivity contribution in [3.63, 3.8) is 0 Å². The molecule has 0 radical (unpaired) electrons. The number of aromatic nitrogens is 2. The fourth-order valence-corrected chi connectivity index (χ4v) is 1.71. The Hall–Kier alpha value is -1.45. The number of carbonyl (C=O) groups is 1. The van der Waals surface area contributed by atoms with Crippen molar-refractivity contribution >= 4 is 5.97 Å². The minimum atomic E-state index is -0.943. The molecule has 1 aromatic rings. The highest BCUT2D eigenvalue weighted by atomic mass is 16.4. The van der Waals surface area contributed by atoms with Crippen molar-refractivity contribution < 1.29 is 9.90 Å². The second-order valence-corrected chi connectivity index (χ2v) is 4.39. The SMILES string of the molecule is O=C(O)c1cc(C2CC2)nc(C2CC2)n1. The van der Waals surface area contributed by atoms with Crippen molar-refractivity contribution in [3.05, 3.63) is 23.3 Å². The van der Waals surface area contributed by atoms with E-state index in [1.807, 2.05) is 0 Å². The molecule has 0 aromatic carbocycles. The molecule has 78 valence electrons. The van der Waals surface area contributed by atoms with Gasteiger partial charge in [0, 0.05) is 17.5 Å². The average Bonchev–Trinajstić information content (AvgIpc) is 3.06. The van der Waals surface area contributed by atoms with Crippen LogP contribution in [-0.4, -0.2) is 21.0 Å². The molecule has 4 nitrogen and oxygen atoms in total. The van der Waals surface area contributed by atoms with E-state index in [9.17, 15) is 4.79 Å². The Bertz CT molecular complexity index is 392. The van der Waals surface area contributed by atoms with Crippen molar-refractivity contribution in [1.29, 1.82) is 0 Å². The maximum atomic E-state index is 10.9. The van der Waals surface area contributed by atoms with Gasteiger partial charge in [0.05, 0.1) is 0 Å². The van der Waals surface area contributed by atoms with Crippen molar-refractivity contribution in [1.82, 2.24) is 9.97 Å². The predicted molar refractivity (Wildman–Crippen MR) is 52.9 cm³/mol. The zero-order valence-corrected chi connectivity index (χ0v) is 8.31. The van der Waals surface area contributed by atoms with E-state index < -0.39 is 5.97 Å². The molecule has 2 aliphatic carbocycles. The molecule has 3 rings (SSSR count). The minimum absolute atomic E-state index is 0.161. The molecule has 0 unspecified atom stereocenters. The van der Waals surface area contributed by atoms with E-state index in [2.05, 4.69) is 9.97 Å². The first-order valence-electron chi connectivity index (χ1n) is 5.36. The largest absolute Gasteiger partial charge is 0.477 e. The highest BCUT2D eigenvalue weighted by Crippen LogP contribution is 2.42. The first kappa shape index (κ1) is 8.83. The van der Waals surface area contributed by atoms with Gasteiger partial charge in [-0.1, -0.05) is 0 Å². The molecular formula is C11H12N2O2. The van der Waals surface area contributed by atoms with Gasteiger partial charge in [0.25, 0.3) is 0 Å². The molecule has 0 atom stereocenters. The third-order valence-electron chi connectivity index (χ3n) is 2.92. The summed E-state index contributed by atoms with van der Waals surface area (Å²) in [5.74, 6) is 0.711. The van der Waals surface area contributed by atoms with E-state index in [4.69, 9.17) is 5.11 Å². The van der Waals surface area contributed by atoms with Crippen LogP contribution in [0.2, 0.25) is 0 Å². The van der Waals surface area contributed by atoms with Gasteiger partial charge in [0.1, 0.15) is 5.82 Å². The Kier molecular flexibility index (Phi) is 1.78. The van der Waals surface area contributed by atoms with Gasteiger partial charge in [-0.3, -0.25) is 0 Å². The Morgan fingerprint density at radius 2 is 1.87 bits per heavy atom. The van der Waals surface area contributed by atoms with Crippen LogP contribution in [0.1, 0.15) is 59.5 Å². The van der Waals surface area contributed by atoms with Gasteiger partial charge in [-0.05, 0) is 31.7 Å². The molecule has 0 spiro atoms. The first-order valence-corrected chi connectivity index (χ1v) is 5.36. The molecule has 15 heavy (non-hydrogen) atoms. The molecule has 0 bridgehead atoms. The fourth-order valence-electron chi connectivity index (χ4n) is 1.71. The monoisotopic (exact) mass is 204 g/mol. The summed E-state index contributed by atoms with van der Waals surface area (Å²) in [7, 11) is 0. The number of hydrogen-bond acceptors (Lipinski definition) is 3. The second kappa shape index (κ2) is 3.02. The molecule has 1 N–H and O–H groups in total. The van der Waals surface area contributed by atoms with Gasteiger partial charge < -0.3 is 5.11 Å². The normalized spacial score (nSPS) is 20.3. The third kappa shape index (κ3) is 1.71. The number of carboxylic acids is 1. The van der Waals surface area contributed by atoms with Crippen LogP contribution in [0.3, 0.4) is 0 Å². The van der Waals surface area contributed by atoms with Crippen LogP contribution in [0.15, 0.2) is 6.07 Å². The lowest BCUT2D eigenvalue weighted by atomic mass is 10.2. The lowest BCUT2D eigenvalue weighted by Crippen LogP contribution is -2.07. The van der Waals surface area contributed by atoms with Gasteiger partial charge in [-0.2, -0.15) is 0 Å². The van der Waals surface area contributed by atoms with E-state index in [1.165, 1.54) is 0 Å². The summed E-state index contributed by atoms with van der Waals surface area (Å²) >= 11 is 0. The quantitative estimate of drug-likeness (QED) is 0.817. The molecular weight excluding hydrogens is 192 g/mol. The summed E-state index contributed by atoms with van der Waals surface area (Å²) < 4.78 is 0. The smallest absolute Gasteiger partial charge is 0.354 e. The van der Waals surface area contributed by atoms with Gasteiger partial charge in [0.2, 0.25) is 0 Å². The molecule has 1 heterocycles. The summed E-state index contributed by atoms with van der Waals surface area (Å²) in [4.78, 5) is 19.5. The number of nitrogens with zero attached hydrogens (tertiary/aromatic N) is 2. The van der Waals surface area contributed by atoms with E-state index in [1.54, 1.807) is 6.07 Å². The van der Waals surface area contributed by atoms with Crippen LogP contribution in [0.5, 0.6) is 0 Å². The molecule has 4 heteroatoms. The zero-order chi connectivity index (χ0) is 10.4. The van der Waals surface area contributed by atoms with E-state index in [-0.39, 0.29) is 5.69 Å². The van der Waals surface area contributed by atoms with Crippen LogP contribution in [0.4, 0.5) is 0 Å². The van der Waals surface area contributed by atoms with E-state index in [0.717, 1.165) is 37.2 Å². The predicted octanol–water partition coefficient (Wildman–Crippen LogP) is 1.93. The van der Waals surface area contributed by atoms with Gasteiger partial charge in [-0.25, -0.2) is 14.8 Å². The molecule has 2 saturated carbocycles. The molecule has 0 aliphatic heterocycles. The molecule has 2 aliphatic rings. The van der Waals surface area contributed by atoms with Crippen molar-refractivity contribution in [2.45, 2.75) is 37.5 Å². The molecule has 0 saturated heterocycles. The van der Waals surface area contributed by atoms with Crippen LogP contribution < -0.4 is 0 Å². The lowest BCUT2D eigenvalue weighted by Gasteiger charge is -2.03.